The average molecular weight is 190 g/mol. The largest absolute Gasteiger partial charge is 0.370 e. The van der Waals surface area contributed by atoms with E-state index in [2.05, 4.69) is 5.32 Å². The van der Waals surface area contributed by atoms with E-state index in [-0.39, 0.29) is 0 Å². The number of para-hydroxylation sites is 1. The molecule has 0 saturated carbocycles. The number of hydrogen-bond acceptors (Lipinski definition) is 3. The summed E-state index contributed by atoms with van der Waals surface area (Å²) in [4.78, 5) is 0. The standard InChI is InChI=1S/C11H14N2O/c1-9(8-12)11(2,14)13-10-6-4-3-5-7-10/h3-7,9,13-14H,1-2H3. The average Bonchev–Trinajstić information content (AvgIpc) is 2.17. The SMILES string of the molecule is CC(C#N)C(C)(O)Nc1ccccc1. The first-order valence-electron chi connectivity index (χ1n) is 4.51. The first kappa shape index (κ1) is 10.6. The molecule has 0 saturated heterocycles. The summed E-state index contributed by atoms with van der Waals surface area (Å²) in [6.07, 6.45) is 0. The molecular formula is C11H14N2O. The van der Waals surface area contributed by atoms with E-state index in [0.29, 0.717) is 0 Å². The van der Waals surface area contributed by atoms with E-state index in [1.807, 2.05) is 36.4 Å². The first-order chi connectivity index (χ1) is 6.56. The number of rotatable bonds is 3. The van der Waals surface area contributed by atoms with E-state index in [9.17, 15) is 5.11 Å². The van der Waals surface area contributed by atoms with Gasteiger partial charge in [-0.05, 0) is 26.0 Å². The van der Waals surface area contributed by atoms with Gasteiger partial charge in [-0.2, -0.15) is 5.26 Å². The van der Waals surface area contributed by atoms with Crippen LogP contribution in [0, 0.1) is 17.2 Å². The number of nitrogens with one attached hydrogen (secondary N) is 1. The second kappa shape index (κ2) is 4.12. The fourth-order valence-electron chi connectivity index (χ4n) is 1.05. The summed E-state index contributed by atoms with van der Waals surface area (Å²) in [6.45, 7) is 3.27. The first-order valence-corrected chi connectivity index (χ1v) is 4.51. The molecular weight excluding hydrogens is 176 g/mol. The Morgan fingerprint density at radius 3 is 2.50 bits per heavy atom. The van der Waals surface area contributed by atoms with Crippen LogP contribution in [-0.2, 0) is 0 Å². The number of benzene rings is 1. The normalized spacial score (nSPS) is 16.4. The summed E-state index contributed by atoms with van der Waals surface area (Å²) >= 11 is 0. The predicted octanol–water partition coefficient (Wildman–Crippen LogP) is 1.97. The summed E-state index contributed by atoms with van der Waals surface area (Å²) in [5.74, 6) is -0.470. The minimum absolute atomic E-state index is 0.470. The van der Waals surface area contributed by atoms with Crippen molar-refractivity contribution in [3.05, 3.63) is 30.3 Å². The molecule has 0 aliphatic carbocycles. The van der Waals surface area contributed by atoms with Gasteiger partial charge >= 0.3 is 0 Å². The van der Waals surface area contributed by atoms with E-state index >= 15 is 0 Å². The molecule has 0 aliphatic heterocycles. The topological polar surface area (TPSA) is 56.0 Å². The van der Waals surface area contributed by atoms with Crippen LogP contribution in [-0.4, -0.2) is 10.8 Å². The molecule has 1 aromatic carbocycles. The van der Waals surface area contributed by atoms with Crippen LogP contribution >= 0.6 is 0 Å². The summed E-state index contributed by atoms with van der Waals surface area (Å²) in [6, 6.07) is 11.3. The van der Waals surface area contributed by atoms with Crippen molar-refractivity contribution in [2.75, 3.05) is 5.32 Å². The number of nitrogens with zero attached hydrogens (tertiary/aromatic N) is 1. The second-order valence-corrected chi connectivity index (χ2v) is 3.49. The van der Waals surface area contributed by atoms with Crippen LogP contribution in [0.15, 0.2) is 30.3 Å². The lowest BCUT2D eigenvalue weighted by Crippen LogP contribution is -2.40. The number of hydrogen-bond donors (Lipinski definition) is 2. The van der Waals surface area contributed by atoms with Crippen LogP contribution in [0.3, 0.4) is 0 Å². The lowest BCUT2D eigenvalue weighted by molar-refractivity contribution is 0.0566. The van der Waals surface area contributed by atoms with Crippen molar-refractivity contribution < 1.29 is 5.11 Å². The Morgan fingerprint density at radius 2 is 2.00 bits per heavy atom. The molecule has 0 fully saturated rings. The molecule has 0 aliphatic rings. The van der Waals surface area contributed by atoms with Crippen molar-refractivity contribution in [3.63, 3.8) is 0 Å². The van der Waals surface area contributed by atoms with E-state index in [1.165, 1.54) is 0 Å². The van der Waals surface area contributed by atoms with Gasteiger partial charge in [0, 0.05) is 5.69 Å². The number of anilines is 1. The van der Waals surface area contributed by atoms with Crippen LogP contribution in [0.5, 0.6) is 0 Å². The Balaban J connectivity index is 2.74. The Hall–Kier alpha value is -1.53. The van der Waals surface area contributed by atoms with Gasteiger partial charge in [-0.3, -0.25) is 0 Å². The maximum Gasteiger partial charge on any atom is 0.148 e. The molecule has 2 unspecified atom stereocenters. The quantitative estimate of drug-likeness (QED) is 0.716. The van der Waals surface area contributed by atoms with Crippen molar-refractivity contribution in [2.24, 2.45) is 5.92 Å². The lowest BCUT2D eigenvalue weighted by Gasteiger charge is -2.28. The summed E-state index contributed by atoms with van der Waals surface area (Å²) in [7, 11) is 0. The lowest BCUT2D eigenvalue weighted by atomic mass is 10.0. The number of aliphatic hydroxyl groups is 1. The zero-order valence-electron chi connectivity index (χ0n) is 8.36. The molecule has 0 heterocycles. The molecule has 0 amide bonds. The van der Waals surface area contributed by atoms with E-state index in [1.54, 1.807) is 13.8 Å². The van der Waals surface area contributed by atoms with Crippen molar-refractivity contribution in [1.29, 1.82) is 5.26 Å². The van der Waals surface area contributed by atoms with Gasteiger partial charge in [0.1, 0.15) is 5.72 Å². The van der Waals surface area contributed by atoms with Crippen LogP contribution in [0.2, 0.25) is 0 Å². The molecule has 2 atom stereocenters. The molecule has 14 heavy (non-hydrogen) atoms. The predicted molar refractivity (Wildman–Crippen MR) is 55.5 cm³/mol. The highest BCUT2D eigenvalue weighted by molar-refractivity contribution is 5.44. The highest BCUT2D eigenvalue weighted by Gasteiger charge is 2.27. The molecule has 3 nitrogen and oxygen atoms in total. The molecule has 0 radical (unpaired) electrons. The van der Waals surface area contributed by atoms with Crippen molar-refractivity contribution >= 4 is 5.69 Å². The number of nitriles is 1. The maximum atomic E-state index is 9.90. The minimum Gasteiger partial charge on any atom is -0.370 e. The van der Waals surface area contributed by atoms with Gasteiger partial charge in [0.2, 0.25) is 0 Å². The second-order valence-electron chi connectivity index (χ2n) is 3.49. The Bertz CT molecular complexity index is 327. The minimum atomic E-state index is -1.20. The van der Waals surface area contributed by atoms with Crippen LogP contribution in [0.1, 0.15) is 13.8 Å². The molecule has 74 valence electrons. The van der Waals surface area contributed by atoms with Gasteiger partial charge in [-0.15, -0.1) is 0 Å². The third kappa shape index (κ3) is 2.48. The molecule has 1 rings (SSSR count). The zero-order chi connectivity index (χ0) is 10.6. The molecule has 2 N–H and O–H groups in total. The highest BCUT2D eigenvalue weighted by atomic mass is 16.3. The van der Waals surface area contributed by atoms with Gasteiger partial charge in [0.05, 0.1) is 12.0 Å². The molecule has 0 spiro atoms. The van der Waals surface area contributed by atoms with Gasteiger partial charge in [0.15, 0.2) is 0 Å². The van der Waals surface area contributed by atoms with Gasteiger partial charge in [0.25, 0.3) is 0 Å². The molecule has 1 aromatic rings. The van der Waals surface area contributed by atoms with Gasteiger partial charge in [-0.1, -0.05) is 18.2 Å². The fourth-order valence-corrected chi connectivity index (χ4v) is 1.05. The van der Waals surface area contributed by atoms with Gasteiger partial charge < -0.3 is 10.4 Å². The van der Waals surface area contributed by atoms with Crippen molar-refractivity contribution in [3.8, 4) is 6.07 Å². The van der Waals surface area contributed by atoms with Crippen LogP contribution < -0.4 is 5.32 Å². The molecule has 3 heteroatoms. The van der Waals surface area contributed by atoms with E-state index in [0.717, 1.165) is 5.69 Å². The van der Waals surface area contributed by atoms with Crippen molar-refractivity contribution in [2.45, 2.75) is 19.6 Å². The third-order valence-electron chi connectivity index (χ3n) is 2.21. The smallest absolute Gasteiger partial charge is 0.148 e. The Morgan fingerprint density at radius 1 is 1.43 bits per heavy atom. The van der Waals surface area contributed by atoms with Crippen LogP contribution in [0.25, 0.3) is 0 Å². The van der Waals surface area contributed by atoms with E-state index in [4.69, 9.17) is 5.26 Å². The Kier molecular flexibility index (Phi) is 3.10. The molecule has 0 aromatic heterocycles. The monoisotopic (exact) mass is 190 g/mol. The fraction of sp³-hybridized carbons (Fsp3) is 0.364. The highest BCUT2D eigenvalue weighted by Crippen LogP contribution is 2.19. The Labute approximate surface area is 84.0 Å². The van der Waals surface area contributed by atoms with Crippen molar-refractivity contribution in [1.82, 2.24) is 0 Å². The summed E-state index contributed by atoms with van der Waals surface area (Å²) < 4.78 is 0. The van der Waals surface area contributed by atoms with Gasteiger partial charge in [-0.25, -0.2) is 0 Å². The summed E-state index contributed by atoms with van der Waals surface area (Å²) in [5.41, 5.74) is -0.393. The summed E-state index contributed by atoms with van der Waals surface area (Å²) in [5, 5.41) is 21.5. The third-order valence-corrected chi connectivity index (χ3v) is 2.21. The zero-order valence-corrected chi connectivity index (χ0v) is 8.36. The molecule has 0 bridgehead atoms. The maximum absolute atomic E-state index is 9.90. The van der Waals surface area contributed by atoms with E-state index < -0.39 is 11.6 Å². The van der Waals surface area contributed by atoms with Crippen LogP contribution in [0.4, 0.5) is 5.69 Å².